The lowest BCUT2D eigenvalue weighted by molar-refractivity contribution is 0.655. The molecular weight excluding hydrogens is 168 g/mol. The van der Waals surface area contributed by atoms with E-state index < -0.39 is 0 Å². The summed E-state index contributed by atoms with van der Waals surface area (Å²) in [5.74, 6) is 6.29. The van der Waals surface area contributed by atoms with Gasteiger partial charge in [0.2, 0.25) is 0 Å². The van der Waals surface area contributed by atoms with E-state index in [2.05, 4.69) is 38.7 Å². The summed E-state index contributed by atoms with van der Waals surface area (Å²) in [7, 11) is 0. The second-order valence-corrected chi connectivity index (χ2v) is 3.94. The molecule has 0 amide bonds. The fraction of sp³-hybridized carbons (Fsp3) is 0.714. The molecule has 0 rings (SSSR count). The van der Waals surface area contributed by atoms with Gasteiger partial charge >= 0.3 is 0 Å². The highest BCUT2D eigenvalue weighted by Crippen LogP contribution is 2.06. The van der Waals surface area contributed by atoms with Crippen LogP contribution in [0.1, 0.15) is 65.7 Å². The van der Waals surface area contributed by atoms with Gasteiger partial charge in [0.1, 0.15) is 0 Å². The van der Waals surface area contributed by atoms with Gasteiger partial charge in [0.05, 0.1) is 0 Å². The Morgan fingerprint density at radius 1 is 1.00 bits per heavy atom. The van der Waals surface area contributed by atoms with Crippen molar-refractivity contribution in [1.29, 1.82) is 0 Å². The lowest BCUT2D eigenvalue weighted by atomic mass is 10.1. The first-order valence-electron chi connectivity index (χ1n) is 5.86. The van der Waals surface area contributed by atoms with Crippen molar-refractivity contribution in [2.24, 2.45) is 0 Å². The van der Waals surface area contributed by atoms with Crippen LogP contribution in [0.15, 0.2) is 11.6 Å². The molecule has 0 aromatic carbocycles. The monoisotopic (exact) mass is 192 g/mol. The van der Waals surface area contributed by atoms with Crippen LogP contribution in [0.5, 0.6) is 0 Å². The van der Waals surface area contributed by atoms with Crippen molar-refractivity contribution in [2.45, 2.75) is 65.7 Å². The zero-order valence-corrected chi connectivity index (χ0v) is 10.0. The average Bonchev–Trinajstić information content (AvgIpc) is 2.15. The fourth-order valence-corrected chi connectivity index (χ4v) is 1.32. The van der Waals surface area contributed by atoms with Gasteiger partial charge in [-0.05, 0) is 33.1 Å². The van der Waals surface area contributed by atoms with Crippen LogP contribution in [-0.4, -0.2) is 0 Å². The number of rotatable bonds is 6. The van der Waals surface area contributed by atoms with E-state index in [-0.39, 0.29) is 0 Å². The minimum Gasteiger partial charge on any atom is -0.104 e. The molecule has 0 saturated carbocycles. The minimum absolute atomic E-state index is 1.00. The standard InChI is InChI=1S/C14H24/c1-4-5-6-7-8-9-10-11-12-13-14(2)3/h13H,4,7-12H2,1-3H3. The molecule has 0 nitrogen and oxygen atoms in total. The maximum Gasteiger partial charge on any atom is 0.00886 e. The van der Waals surface area contributed by atoms with Crippen LogP contribution >= 0.6 is 0 Å². The molecule has 0 aliphatic carbocycles. The third kappa shape index (κ3) is 11.3. The van der Waals surface area contributed by atoms with E-state index in [0.29, 0.717) is 0 Å². The Morgan fingerprint density at radius 3 is 2.36 bits per heavy atom. The summed E-state index contributed by atoms with van der Waals surface area (Å²) in [5, 5.41) is 0. The first kappa shape index (κ1) is 13.3. The lowest BCUT2D eigenvalue weighted by Gasteiger charge is -1.96. The van der Waals surface area contributed by atoms with Gasteiger partial charge in [-0.25, -0.2) is 0 Å². The van der Waals surface area contributed by atoms with Gasteiger partial charge in [0, 0.05) is 12.8 Å². The summed E-state index contributed by atoms with van der Waals surface area (Å²) in [5.41, 5.74) is 1.44. The lowest BCUT2D eigenvalue weighted by Crippen LogP contribution is -1.77. The predicted octanol–water partition coefficient (Wildman–Crippen LogP) is 4.71. The van der Waals surface area contributed by atoms with Crippen LogP contribution in [0.3, 0.4) is 0 Å². The molecule has 0 heteroatoms. The normalized spacial score (nSPS) is 9.07. The van der Waals surface area contributed by atoms with Crippen molar-refractivity contribution in [3.8, 4) is 11.8 Å². The van der Waals surface area contributed by atoms with Crippen molar-refractivity contribution in [2.75, 3.05) is 0 Å². The third-order valence-electron chi connectivity index (χ3n) is 2.11. The molecule has 0 unspecified atom stereocenters. The third-order valence-corrected chi connectivity index (χ3v) is 2.11. The molecule has 14 heavy (non-hydrogen) atoms. The quantitative estimate of drug-likeness (QED) is 0.325. The highest BCUT2D eigenvalue weighted by atomic mass is 13.9. The number of hydrogen-bond donors (Lipinski definition) is 0. The van der Waals surface area contributed by atoms with E-state index in [1.165, 1.54) is 37.7 Å². The van der Waals surface area contributed by atoms with Gasteiger partial charge in [-0.15, -0.1) is 11.8 Å². The molecule has 0 atom stereocenters. The SMILES string of the molecule is CCC#CCCCCCCC=C(C)C. The zero-order chi connectivity index (χ0) is 10.6. The Kier molecular flexibility index (Phi) is 9.86. The van der Waals surface area contributed by atoms with Gasteiger partial charge in [0.15, 0.2) is 0 Å². The summed E-state index contributed by atoms with van der Waals surface area (Å²) in [4.78, 5) is 0. The van der Waals surface area contributed by atoms with E-state index in [9.17, 15) is 0 Å². The van der Waals surface area contributed by atoms with Crippen LogP contribution in [0.2, 0.25) is 0 Å². The summed E-state index contributed by atoms with van der Waals surface area (Å²) in [6.45, 7) is 6.44. The van der Waals surface area contributed by atoms with Gasteiger partial charge < -0.3 is 0 Å². The van der Waals surface area contributed by atoms with Crippen LogP contribution in [0.4, 0.5) is 0 Å². The Bertz CT molecular complexity index is 196. The Morgan fingerprint density at radius 2 is 1.71 bits per heavy atom. The van der Waals surface area contributed by atoms with E-state index in [0.717, 1.165) is 12.8 Å². The molecule has 0 saturated heterocycles. The molecular formula is C14H24. The zero-order valence-electron chi connectivity index (χ0n) is 10.0. The summed E-state index contributed by atoms with van der Waals surface area (Å²) in [6.07, 6.45) is 11.0. The van der Waals surface area contributed by atoms with Gasteiger partial charge in [-0.1, -0.05) is 31.4 Å². The Hall–Kier alpha value is -0.700. The highest BCUT2D eigenvalue weighted by Gasteiger charge is 1.87. The molecule has 0 spiro atoms. The first-order chi connectivity index (χ1) is 6.77. The van der Waals surface area contributed by atoms with Gasteiger partial charge in [-0.3, -0.25) is 0 Å². The van der Waals surface area contributed by atoms with E-state index in [4.69, 9.17) is 0 Å². The van der Waals surface area contributed by atoms with Crippen LogP contribution < -0.4 is 0 Å². The molecule has 0 aliphatic rings. The smallest absolute Gasteiger partial charge is 0.00886 e. The van der Waals surface area contributed by atoms with E-state index in [1.54, 1.807) is 0 Å². The van der Waals surface area contributed by atoms with Crippen LogP contribution in [0, 0.1) is 11.8 Å². The molecule has 0 bridgehead atoms. The molecule has 0 aliphatic heterocycles. The highest BCUT2D eigenvalue weighted by molar-refractivity contribution is 4.97. The molecule has 0 fully saturated rings. The van der Waals surface area contributed by atoms with Gasteiger partial charge in [0.25, 0.3) is 0 Å². The number of hydrogen-bond acceptors (Lipinski definition) is 0. The van der Waals surface area contributed by atoms with E-state index >= 15 is 0 Å². The Labute approximate surface area is 89.8 Å². The summed E-state index contributed by atoms with van der Waals surface area (Å²) in [6, 6.07) is 0. The van der Waals surface area contributed by atoms with Crippen molar-refractivity contribution in [3.63, 3.8) is 0 Å². The first-order valence-corrected chi connectivity index (χ1v) is 5.86. The molecule has 0 radical (unpaired) electrons. The van der Waals surface area contributed by atoms with Crippen molar-refractivity contribution in [3.05, 3.63) is 11.6 Å². The molecule has 0 aromatic heterocycles. The second-order valence-electron chi connectivity index (χ2n) is 3.94. The van der Waals surface area contributed by atoms with E-state index in [1.807, 2.05) is 0 Å². The van der Waals surface area contributed by atoms with Gasteiger partial charge in [-0.2, -0.15) is 0 Å². The van der Waals surface area contributed by atoms with Crippen LogP contribution in [-0.2, 0) is 0 Å². The summed E-state index contributed by atoms with van der Waals surface area (Å²) < 4.78 is 0. The maximum atomic E-state index is 3.18. The average molecular weight is 192 g/mol. The predicted molar refractivity (Wildman–Crippen MR) is 65.2 cm³/mol. The molecule has 80 valence electrons. The number of allylic oxidation sites excluding steroid dienone is 2. The molecule has 0 aromatic rings. The van der Waals surface area contributed by atoms with Crippen molar-refractivity contribution >= 4 is 0 Å². The maximum absolute atomic E-state index is 3.18. The second kappa shape index (κ2) is 10.4. The van der Waals surface area contributed by atoms with Crippen molar-refractivity contribution < 1.29 is 0 Å². The molecule has 0 N–H and O–H groups in total. The summed E-state index contributed by atoms with van der Waals surface area (Å²) >= 11 is 0. The fourth-order valence-electron chi connectivity index (χ4n) is 1.32. The van der Waals surface area contributed by atoms with Crippen LogP contribution in [0.25, 0.3) is 0 Å². The number of unbranched alkanes of at least 4 members (excludes halogenated alkanes) is 5. The topological polar surface area (TPSA) is 0 Å². The Balaban J connectivity index is 3.10. The minimum atomic E-state index is 1.00. The van der Waals surface area contributed by atoms with Crippen molar-refractivity contribution in [1.82, 2.24) is 0 Å². The molecule has 0 heterocycles. The largest absolute Gasteiger partial charge is 0.104 e.